The Morgan fingerprint density at radius 3 is 2.51 bits per heavy atom. The van der Waals surface area contributed by atoms with E-state index < -0.39 is 18.2 Å². The van der Waals surface area contributed by atoms with Crippen molar-refractivity contribution < 1.29 is 27.5 Å². The first-order valence-corrected chi connectivity index (χ1v) is 14.2. The topological polar surface area (TPSA) is 119 Å². The zero-order valence-electron chi connectivity index (χ0n) is 23.4. The van der Waals surface area contributed by atoms with Gasteiger partial charge in [-0.25, -0.2) is 19.2 Å². The number of hydrogen-bond acceptors (Lipinski definition) is 7. The van der Waals surface area contributed by atoms with E-state index >= 15 is 4.39 Å². The van der Waals surface area contributed by atoms with Crippen LogP contribution in [-0.4, -0.2) is 43.3 Å². The van der Waals surface area contributed by atoms with Crippen LogP contribution >= 0.6 is 11.8 Å². The van der Waals surface area contributed by atoms with Crippen molar-refractivity contribution in [1.82, 2.24) is 19.7 Å². The molecule has 224 valence electrons. The van der Waals surface area contributed by atoms with E-state index in [0.29, 0.717) is 23.0 Å². The van der Waals surface area contributed by atoms with E-state index in [-0.39, 0.29) is 5.82 Å². The highest BCUT2D eigenvalue weighted by Crippen LogP contribution is 2.33. The number of fused-ring (bicyclic) bond motifs is 1. The molecular weight excluding hydrogens is 584 g/mol. The molecule has 8 nitrogen and oxygen atoms in total. The summed E-state index contributed by atoms with van der Waals surface area (Å²) in [5.41, 5.74) is 9.36. The molecule has 0 aliphatic rings. The fourth-order valence-electron chi connectivity index (χ4n) is 4.36. The zero-order valence-corrected chi connectivity index (χ0v) is 24.2. The highest BCUT2D eigenvalue weighted by atomic mass is 32.2. The molecule has 0 aliphatic carbocycles. The van der Waals surface area contributed by atoms with Gasteiger partial charge in [0.05, 0.1) is 0 Å². The predicted octanol–water partition coefficient (Wildman–Crippen LogP) is 6.87. The van der Waals surface area contributed by atoms with Gasteiger partial charge in [0.15, 0.2) is 11.6 Å². The molecule has 43 heavy (non-hydrogen) atoms. The smallest absolute Gasteiger partial charge is 0.475 e. The van der Waals surface area contributed by atoms with Crippen LogP contribution in [0.4, 0.5) is 29.1 Å². The number of pyridine rings is 1. The van der Waals surface area contributed by atoms with Gasteiger partial charge in [-0.05, 0) is 66.1 Å². The number of aryl methyl sites for hydroxylation is 2. The lowest BCUT2D eigenvalue weighted by Gasteiger charge is -2.21. The Morgan fingerprint density at radius 2 is 1.84 bits per heavy atom. The second-order valence-corrected chi connectivity index (χ2v) is 10.2. The maximum atomic E-state index is 15.3. The molecular formula is C30H28F4N6O2S. The summed E-state index contributed by atoms with van der Waals surface area (Å²) in [4.78, 5) is 19.1. The number of halogens is 4. The normalized spacial score (nSPS) is 12.0. The third-order valence-electron chi connectivity index (χ3n) is 6.53. The van der Waals surface area contributed by atoms with Crippen molar-refractivity contribution in [2.75, 3.05) is 17.3 Å². The van der Waals surface area contributed by atoms with Crippen LogP contribution in [0.2, 0.25) is 0 Å². The first-order chi connectivity index (χ1) is 20.4. The molecule has 1 unspecified atom stereocenters. The van der Waals surface area contributed by atoms with Gasteiger partial charge < -0.3 is 16.2 Å². The molecule has 13 heteroatoms. The van der Waals surface area contributed by atoms with Gasteiger partial charge in [0.25, 0.3) is 0 Å². The summed E-state index contributed by atoms with van der Waals surface area (Å²) in [5, 5.41) is 17.2. The Labute approximate surface area is 249 Å². The second kappa shape index (κ2) is 13.1. The second-order valence-electron chi connectivity index (χ2n) is 9.34. The van der Waals surface area contributed by atoms with Crippen LogP contribution in [0.15, 0.2) is 77.8 Å². The molecule has 0 spiro atoms. The molecule has 0 bridgehead atoms. The van der Waals surface area contributed by atoms with Gasteiger partial charge in [0.1, 0.15) is 17.7 Å². The van der Waals surface area contributed by atoms with E-state index in [0.717, 1.165) is 38.9 Å². The largest absolute Gasteiger partial charge is 0.490 e. The Morgan fingerprint density at radius 1 is 1.12 bits per heavy atom. The van der Waals surface area contributed by atoms with Crippen LogP contribution in [0.1, 0.15) is 29.9 Å². The molecule has 2 aromatic heterocycles. The first-order valence-electron chi connectivity index (χ1n) is 13.0. The van der Waals surface area contributed by atoms with E-state index in [1.807, 2.05) is 74.0 Å². The van der Waals surface area contributed by atoms with Crippen LogP contribution < -0.4 is 11.1 Å². The molecule has 0 saturated carbocycles. The van der Waals surface area contributed by atoms with Crippen molar-refractivity contribution in [3.63, 3.8) is 0 Å². The number of nitrogens with two attached hydrogens (primary N) is 1. The minimum absolute atomic E-state index is 0.298. The maximum absolute atomic E-state index is 15.3. The van der Waals surface area contributed by atoms with Gasteiger partial charge in [0, 0.05) is 40.3 Å². The summed E-state index contributed by atoms with van der Waals surface area (Å²) in [6, 6.07) is 20.4. The summed E-state index contributed by atoms with van der Waals surface area (Å²) in [5.74, 6) is -1.36. The average Bonchev–Trinajstić information content (AvgIpc) is 3.37. The van der Waals surface area contributed by atoms with Crippen molar-refractivity contribution >= 4 is 40.0 Å². The number of benzene rings is 3. The number of aromatic nitrogens is 4. The Hall–Kier alpha value is -4.65. The lowest BCUT2D eigenvalue weighted by Crippen LogP contribution is -2.21. The van der Waals surface area contributed by atoms with E-state index in [9.17, 15) is 13.2 Å². The number of nitrogen functional groups attached to an aromatic ring is 1. The fraction of sp³-hybridized carbons (Fsp3) is 0.200. The number of carboxylic acid groups (broad SMARTS) is 1. The number of aliphatic carboxylic acids is 1. The van der Waals surface area contributed by atoms with Gasteiger partial charge in [-0.15, -0.1) is 11.8 Å². The highest BCUT2D eigenvalue weighted by molar-refractivity contribution is 7.98. The van der Waals surface area contributed by atoms with Crippen molar-refractivity contribution in [1.29, 1.82) is 0 Å². The molecule has 3 aromatic carbocycles. The van der Waals surface area contributed by atoms with Crippen LogP contribution in [-0.2, 0) is 18.3 Å². The first kappa shape index (κ1) is 31.3. The van der Waals surface area contributed by atoms with Gasteiger partial charge in [-0.2, -0.15) is 18.3 Å². The van der Waals surface area contributed by atoms with Gasteiger partial charge in [0.2, 0.25) is 0 Å². The number of carbonyl (C=O) groups is 1. The zero-order chi connectivity index (χ0) is 31.3. The minimum atomic E-state index is -5.08. The Bertz CT molecular complexity index is 1760. The van der Waals surface area contributed by atoms with Crippen LogP contribution in [0.25, 0.3) is 22.2 Å². The molecule has 0 radical (unpaired) electrons. The number of nitrogens with one attached hydrogen (secondary N) is 1. The van der Waals surface area contributed by atoms with Crippen LogP contribution in [0.5, 0.6) is 0 Å². The monoisotopic (exact) mass is 612 g/mol. The lowest BCUT2D eigenvalue weighted by molar-refractivity contribution is -0.192. The highest BCUT2D eigenvalue weighted by Gasteiger charge is 2.38. The summed E-state index contributed by atoms with van der Waals surface area (Å²) in [6.45, 7) is 2.06. The minimum Gasteiger partial charge on any atom is -0.475 e. The maximum Gasteiger partial charge on any atom is 0.490 e. The summed E-state index contributed by atoms with van der Waals surface area (Å²) in [7, 11) is 1.84. The van der Waals surface area contributed by atoms with Gasteiger partial charge in [-0.1, -0.05) is 31.2 Å². The van der Waals surface area contributed by atoms with Gasteiger partial charge >= 0.3 is 12.1 Å². The number of nitrogens with zero attached hydrogens (tertiary/aromatic N) is 4. The standard InChI is InChI=1S/C28H27FN6S.C2HF3O2/c1-4-17-9-12-23(29)22(15-17)25(32-19-10-11-20-18(16-19)13-14-31-26(20)30)28-33-27(34-35(28)2)21-7-5-6-8-24(21)36-3;3-2(4,5)1(6)7/h5-16,25,32H,4H2,1-3H3,(H2,30,31);(H,6,7). The van der Waals surface area contributed by atoms with Crippen molar-refractivity contribution in [2.45, 2.75) is 30.5 Å². The number of hydrogen-bond donors (Lipinski definition) is 3. The number of anilines is 2. The molecule has 4 N–H and O–H groups in total. The molecule has 0 amide bonds. The number of alkyl halides is 3. The predicted molar refractivity (Wildman–Crippen MR) is 159 cm³/mol. The third-order valence-corrected chi connectivity index (χ3v) is 7.33. The molecule has 0 fully saturated rings. The van der Waals surface area contributed by atoms with Crippen LogP contribution in [0, 0.1) is 5.82 Å². The van der Waals surface area contributed by atoms with Crippen molar-refractivity contribution in [2.24, 2.45) is 7.05 Å². The molecule has 5 aromatic rings. The summed E-state index contributed by atoms with van der Waals surface area (Å²) >= 11 is 1.64. The number of rotatable bonds is 7. The van der Waals surface area contributed by atoms with E-state index in [1.54, 1.807) is 22.6 Å². The Balaban J connectivity index is 0.000000541. The van der Waals surface area contributed by atoms with E-state index in [1.165, 1.54) is 6.07 Å². The summed E-state index contributed by atoms with van der Waals surface area (Å²) in [6.07, 6.45) is -0.574. The third kappa shape index (κ3) is 7.23. The van der Waals surface area contributed by atoms with Gasteiger partial charge in [-0.3, -0.25) is 4.68 Å². The lowest BCUT2D eigenvalue weighted by atomic mass is 10.0. The number of carboxylic acids is 1. The fourth-order valence-corrected chi connectivity index (χ4v) is 4.96. The SMILES string of the molecule is CCc1ccc(F)c(C(Nc2ccc3c(N)nccc3c2)c2nc(-c3ccccc3SC)nn2C)c1.O=C(O)C(F)(F)F. The molecule has 0 saturated heterocycles. The average molecular weight is 613 g/mol. The van der Waals surface area contributed by atoms with Crippen molar-refractivity contribution in [3.8, 4) is 11.4 Å². The molecule has 0 aliphatic heterocycles. The van der Waals surface area contributed by atoms with E-state index in [2.05, 4.69) is 17.2 Å². The van der Waals surface area contributed by atoms with E-state index in [4.69, 9.17) is 25.7 Å². The molecule has 5 rings (SSSR count). The Kier molecular flexibility index (Phi) is 9.54. The summed E-state index contributed by atoms with van der Waals surface area (Å²) < 4.78 is 48.8. The molecule has 2 heterocycles. The van der Waals surface area contributed by atoms with Crippen molar-refractivity contribution in [3.05, 3.63) is 95.7 Å². The molecule has 1 atom stereocenters. The van der Waals surface area contributed by atoms with Crippen LogP contribution in [0.3, 0.4) is 0 Å². The number of thioether (sulfide) groups is 1. The quantitative estimate of drug-likeness (QED) is 0.135.